The van der Waals surface area contributed by atoms with Gasteiger partial charge in [-0.05, 0) is 51.2 Å². The third kappa shape index (κ3) is 4.51. The summed E-state index contributed by atoms with van der Waals surface area (Å²) in [5.74, 6) is 0.542. The van der Waals surface area contributed by atoms with E-state index >= 15 is 0 Å². The number of halogens is 2. The van der Waals surface area contributed by atoms with E-state index in [1.165, 1.54) is 12.4 Å². The molecule has 0 unspecified atom stereocenters. The first-order valence-electron chi connectivity index (χ1n) is 11.1. The molecule has 1 amide bonds. The average molecular weight is 487 g/mol. The minimum atomic E-state index is -0.627. The zero-order valence-corrected chi connectivity index (χ0v) is 20.2. The highest BCUT2D eigenvalue weighted by Gasteiger charge is 2.42. The number of ether oxygens (including phenoxy) is 1. The van der Waals surface area contributed by atoms with E-state index in [2.05, 4.69) is 30.8 Å². The lowest BCUT2D eigenvalue weighted by Gasteiger charge is -2.43. The van der Waals surface area contributed by atoms with Crippen LogP contribution in [-0.2, 0) is 11.3 Å². The number of likely N-dealkylation sites (N-methyl/N-ethyl adjacent to an activating group) is 2. The maximum Gasteiger partial charge on any atom is 0.240 e. The van der Waals surface area contributed by atoms with Crippen LogP contribution in [0.5, 0.6) is 5.75 Å². The van der Waals surface area contributed by atoms with E-state index in [1.807, 2.05) is 19.2 Å². The highest BCUT2D eigenvalue weighted by atomic mass is 35.5. The van der Waals surface area contributed by atoms with Crippen molar-refractivity contribution < 1.29 is 13.9 Å². The van der Waals surface area contributed by atoms with Crippen LogP contribution in [-0.4, -0.2) is 60.6 Å². The molecule has 1 fully saturated rings. The molecule has 1 saturated heterocycles. The summed E-state index contributed by atoms with van der Waals surface area (Å²) >= 11 is 5.94. The van der Waals surface area contributed by atoms with Crippen LogP contribution in [0.15, 0.2) is 36.7 Å². The summed E-state index contributed by atoms with van der Waals surface area (Å²) in [6, 6.07) is 8.50. The number of hydrogen-bond acceptors (Lipinski definition) is 7. The van der Waals surface area contributed by atoms with Crippen LogP contribution in [0, 0.1) is 5.82 Å². The van der Waals surface area contributed by atoms with Gasteiger partial charge in [-0.15, -0.1) is 0 Å². The van der Waals surface area contributed by atoms with Crippen molar-refractivity contribution in [3.63, 3.8) is 0 Å². The van der Waals surface area contributed by atoms with Crippen molar-refractivity contribution in [3.05, 3.63) is 53.1 Å². The van der Waals surface area contributed by atoms with Crippen LogP contribution in [0.1, 0.15) is 18.4 Å². The van der Waals surface area contributed by atoms with Crippen molar-refractivity contribution in [1.82, 2.24) is 25.5 Å². The Morgan fingerprint density at radius 1 is 1.29 bits per heavy atom. The number of piperidine rings is 1. The monoisotopic (exact) mass is 486 g/mol. The van der Waals surface area contributed by atoms with Crippen LogP contribution in [0.2, 0.25) is 5.02 Å². The van der Waals surface area contributed by atoms with Crippen molar-refractivity contribution in [2.45, 2.75) is 24.9 Å². The summed E-state index contributed by atoms with van der Waals surface area (Å²) < 4.78 is 20.2. The number of rotatable bonds is 7. The second-order valence-corrected chi connectivity index (χ2v) is 8.75. The summed E-state index contributed by atoms with van der Waals surface area (Å²) in [6.45, 7) is 1.99. The number of anilines is 2. The average Bonchev–Trinajstić information content (AvgIpc) is 2.86. The SMILES string of the molecule is CNC(=O)C1(N(C)Cc2cc3c(Nc4cccc(Cl)c4F)ncnc3cc2OC)CCNCC1. The van der Waals surface area contributed by atoms with Gasteiger partial charge in [0.1, 0.15) is 23.4 Å². The summed E-state index contributed by atoms with van der Waals surface area (Å²) in [7, 11) is 5.22. The molecule has 1 aromatic heterocycles. The summed E-state index contributed by atoms with van der Waals surface area (Å²) in [5.41, 5.74) is 1.10. The molecule has 3 aromatic rings. The number of nitrogens with one attached hydrogen (secondary N) is 3. The molecule has 2 heterocycles. The van der Waals surface area contributed by atoms with Crippen molar-refractivity contribution in [2.24, 2.45) is 0 Å². The van der Waals surface area contributed by atoms with Gasteiger partial charge in [0.25, 0.3) is 0 Å². The first kappa shape index (κ1) is 24.1. The molecule has 10 heteroatoms. The number of carbonyl (C=O) groups excluding carboxylic acids is 1. The highest BCUT2D eigenvalue weighted by Crippen LogP contribution is 2.34. The van der Waals surface area contributed by atoms with Crippen molar-refractivity contribution in [1.29, 1.82) is 0 Å². The van der Waals surface area contributed by atoms with E-state index in [0.29, 0.717) is 41.9 Å². The van der Waals surface area contributed by atoms with E-state index < -0.39 is 11.4 Å². The van der Waals surface area contributed by atoms with Gasteiger partial charge < -0.3 is 20.7 Å². The lowest BCUT2D eigenvalue weighted by Crippen LogP contribution is -2.61. The van der Waals surface area contributed by atoms with Gasteiger partial charge in [0, 0.05) is 30.6 Å². The Morgan fingerprint density at radius 2 is 2.06 bits per heavy atom. The fourth-order valence-corrected chi connectivity index (χ4v) is 4.71. The summed E-state index contributed by atoms with van der Waals surface area (Å²) in [4.78, 5) is 23.7. The van der Waals surface area contributed by atoms with Crippen molar-refractivity contribution >= 4 is 39.9 Å². The largest absolute Gasteiger partial charge is 0.496 e. The van der Waals surface area contributed by atoms with Gasteiger partial charge in [-0.1, -0.05) is 17.7 Å². The molecule has 8 nitrogen and oxygen atoms in total. The maximum atomic E-state index is 14.5. The molecule has 0 spiro atoms. The first-order chi connectivity index (χ1) is 16.4. The van der Waals surface area contributed by atoms with Crippen molar-refractivity contribution in [2.75, 3.05) is 39.6 Å². The predicted octanol–water partition coefficient (Wildman–Crippen LogP) is 3.47. The summed E-state index contributed by atoms with van der Waals surface area (Å²) in [6.07, 6.45) is 2.81. The normalized spacial score (nSPS) is 15.4. The van der Waals surface area contributed by atoms with Crippen molar-refractivity contribution in [3.8, 4) is 5.75 Å². The number of carbonyl (C=O) groups is 1. The molecule has 4 rings (SSSR count). The Bertz CT molecular complexity index is 1200. The second kappa shape index (κ2) is 10.1. The van der Waals surface area contributed by atoms with Gasteiger partial charge in [0.15, 0.2) is 5.82 Å². The molecule has 0 atom stereocenters. The molecule has 0 radical (unpaired) electrons. The minimum absolute atomic E-state index is 0.00150. The van der Waals surface area contributed by atoms with Gasteiger partial charge in [-0.2, -0.15) is 0 Å². The quantitative estimate of drug-likeness (QED) is 0.471. The Hall–Kier alpha value is -3.01. The summed E-state index contributed by atoms with van der Waals surface area (Å²) in [5, 5.41) is 9.91. The number of benzene rings is 2. The lowest BCUT2D eigenvalue weighted by atomic mass is 9.85. The van der Waals surface area contributed by atoms with Gasteiger partial charge in [0.2, 0.25) is 5.91 Å². The van der Waals surface area contributed by atoms with Crippen LogP contribution in [0.3, 0.4) is 0 Å². The van der Waals surface area contributed by atoms with Gasteiger partial charge >= 0.3 is 0 Å². The van der Waals surface area contributed by atoms with E-state index in [1.54, 1.807) is 26.3 Å². The topological polar surface area (TPSA) is 91.4 Å². The van der Waals surface area contributed by atoms with Gasteiger partial charge in [0.05, 0.1) is 23.3 Å². The molecule has 1 aliphatic rings. The second-order valence-electron chi connectivity index (χ2n) is 8.35. The van der Waals surface area contributed by atoms with E-state index in [-0.39, 0.29) is 16.6 Å². The van der Waals surface area contributed by atoms with Crippen LogP contribution >= 0.6 is 11.6 Å². The Morgan fingerprint density at radius 3 is 2.76 bits per heavy atom. The van der Waals surface area contributed by atoms with Crippen LogP contribution in [0.4, 0.5) is 15.9 Å². The van der Waals surface area contributed by atoms with Crippen LogP contribution < -0.4 is 20.7 Å². The fourth-order valence-electron chi connectivity index (χ4n) is 4.53. The maximum absolute atomic E-state index is 14.5. The molecule has 0 aliphatic carbocycles. The third-order valence-corrected chi connectivity index (χ3v) is 6.75. The molecule has 2 aromatic carbocycles. The number of methoxy groups -OCH3 is 1. The highest BCUT2D eigenvalue weighted by molar-refractivity contribution is 6.31. The minimum Gasteiger partial charge on any atom is -0.496 e. The number of nitrogens with zero attached hydrogens (tertiary/aromatic N) is 3. The zero-order chi connectivity index (χ0) is 24.3. The molecule has 180 valence electrons. The third-order valence-electron chi connectivity index (χ3n) is 6.46. The number of aromatic nitrogens is 2. The number of amides is 1. The Labute approximate surface area is 202 Å². The molecular formula is C24H28ClFN6O2. The smallest absolute Gasteiger partial charge is 0.240 e. The molecule has 0 bridgehead atoms. The van der Waals surface area contributed by atoms with E-state index in [4.69, 9.17) is 16.3 Å². The standard InChI is InChI=1S/C24H28ClFN6O2/c1-27-23(33)24(7-9-28-10-8-24)32(2)13-15-11-16-19(12-20(15)34-3)29-14-30-22(16)31-18-6-4-5-17(25)21(18)26/h4-6,11-12,14,28H,7-10,13H2,1-3H3,(H,27,33)(H,29,30,31). The Kier molecular flexibility index (Phi) is 7.16. The lowest BCUT2D eigenvalue weighted by molar-refractivity contribution is -0.134. The number of fused-ring (bicyclic) bond motifs is 1. The molecule has 0 saturated carbocycles. The number of hydrogen-bond donors (Lipinski definition) is 3. The van der Waals surface area contributed by atoms with E-state index in [0.717, 1.165) is 18.7 Å². The first-order valence-corrected chi connectivity index (χ1v) is 11.4. The predicted molar refractivity (Wildman–Crippen MR) is 131 cm³/mol. The van der Waals surface area contributed by atoms with Gasteiger partial charge in [-0.3, -0.25) is 9.69 Å². The molecule has 34 heavy (non-hydrogen) atoms. The molecule has 3 N–H and O–H groups in total. The fraction of sp³-hybridized carbons (Fsp3) is 0.375. The van der Waals surface area contributed by atoms with Gasteiger partial charge in [-0.25, -0.2) is 14.4 Å². The van der Waals surface area contributed by atoms with Crippen LogP contribution in [0.25, 0.3) is 10.9 Å². The molecular weight excluding hydrogens is 459 g/mol. The Balaban J connectivity index is 1.73. The zero-order valence-electron chi connectivity index (χ0n) is 19.4. The van der Waals surface area contributed by atoms with E-state index in [9.17, 15) is 9.18 Å². The molecule has 1 aliphatic heterocycles.